The third-order valence-corrected chi connectivity index (χ3v) is 3.91. The zero-order chi connectivity index (χ0) is 15.4. The zero-order valence-electron chi connectivity index (χ0n) is 12.2. The summed E-state index contributed by atoms with van der Waals surface area (Å²) in [7, 11) is 3.17. The van der Waals surface area contributed by atoms with Gasteiger partial charge in [-0.2, -0.15) is 0 Å². The smallest absolute Gasteiger partial charge is 0.162 e. The summed E-state index contributed by atoms with van der Waals surface area (Å²) in [6.07, 6.45) is 0. The minimum atomic E-state index is 0.575. The maximum Gasteiger partial charge on any atom is 0.162 e. The molecule has 0 unspecified atom stereocenters. The van der Waals surface area contributed by atoms with Gasteiger partial charge in [0, 0.05) is 23.7 Å². The van der Waals surface area contributed by atoms with Crippen LogP contribution in [0.3, 0.4) is 0 Å². The summed E-state index contributed by atoms with van der Waals surface area (Å²) in [6.45, 7) is 2.60. The highest BCUT2D eigenvalue weighted by atomic mass is 35.5. The van der Waals surface area contributed by atoms with Crippen LogP contribution in [0.5, 0.6) is 11.5 Å². The fraction of sp³-hybridized carbons (Fsp3) is 0.250. The second-order valence-electron chi connectivity index (χ2n) is 4.62. The predicted molar refractivity (Wildman–Crippen MR) is 88.1 cm³/mol. The molecule has 0 fully saturated rings. The second kappa shape index (κ2) is 6.92. The third kappa shape index (κ3) is 3.74. The average molecular weight is 326 g/mol. The molecule has 0 heterocycles. The second-order valence-corrected chi connectivity index (χ2v) is 5.44. The number of anilines is 1. The van der Waals surface area contributed by atoms with Crippen LogP contribution in [0.25, 0.3) is 0 Å². The molecule has 0 saturated heterocycles. The molecule has 0 aromatic heterocycles. The van der Waals surface area contributed by atoms with Crippen molar-refractivity contribution in [3.8, 4) is 11.5 Å². The van der Waals surface area contributed by atoms with Crippen molar-refractivity contribution >= 4 is 28.9 Å². The molecule has 0 radical (unpaired) electrons. The fourth-order valence-electron chi connectivity index (χ4n) is 1.93. The van der Waals surface area contributed by atoms with E-state index in [-0.39, 0.29) is 0 Å². The van der Waals surface area contributed by atoms with E-state index in [1.807, 2.05) is 31.2 Å². The van der Waals surface area contributed by atoms with Gasteiger partial charge in [-0.05, 0) is 24.1 Å². The number of halogens is 2. The number of nitrogens with one attached hydrogen (secondary N) is 1. The number of aryl methyl sites for hydroxylation is 1. The first kappa shape index (κ1) is 15.8. The van der Waals surface area contributed by atoms with Crippen LogP contribution < -0.4 is 14.8 Å². The van der Waals surface area contributed by atoms with E-state index in [0.717, 1.165) is 21.8 Å². The van der Waals surface area contributed by atoms with Gasteiger partial charge in [-0.1, -0.05) is 35.3 Å². The van der Waals surface area contributed by atoms with Gasteiger partial charge in [0.05, 0.1) is 24.9 Å². The number of rotatable bonds is 5. The van der Waals surface area contributed by atoms with Gasteiger partial charge in [-0.3, -0.25) is 0 Å². The summed E-state index contributed by atoms with van der Waals surface area (Å²) < 4.78 is 10.5. The van der Waals surface area contributed by atoms with Crippen LogP contribution in [-0.4, -0.2) is 14.2 Å². The van der Waals surface area contributed by atoms with E-state index in [9.17, 15) is 0 Å². The highest BCUT2D eigenvalue weighted by Crippen LogP contribution is 2.36. The molecule has 2 aromatic rings. The maximum absolute atomic E-state index is 6.24. The van der Waals surface area contributed by atoms with Crippen LogP contribution in [0.2, 0.25) is 10.0 Å². The van der Waals surface area contributed by atoms with Crippen LogP contribution in [0.1, 0.15) is 11.1 Å². The molecule has 3 nitrogen and oxygen atoms in total. The molecule has 1 N–H and O–H groups in total. The maximum atomic E-state index is 6.24. The number of methoxy groups -OCH3 is 2. The third-order valence-electron chi connectivity index (χ3n) is 3.19. The molecular formula is C16H17Cl2NO2. The number of hydrogen-bond donors (Lipinski definition) is 1. The Kier molecular flexibility index (Phi) is 5.21. The van der Waals surface area contributed by atoms with Crippen molar-refractivity contribution in [1.82, 2.24) is 0 Å². The lowest BCUT2D eigenvalue weighted by Gasteiger charge is -2.13. The Morgan fingerprint density at radius 1 is 0.952 bits per heavy atom. The molecule has 0 aliphatic heterocycles. The standard InChI is InChI=1S/C16H17Cl2NO2/c1-10-4-5-11(6-12(10)17)9-19-14-8-16(21-3)15(20-2)7-13(14)18/h4-8,19H,9H2,1-3H3. The summed E-state index contributed by atoms with van der Waals surface area (Å²) in [4.78, 5) is 0. The Hall–Kier alpha value is -1.58. The Bertz CT molecular complexity index is 644. The van der Waals surface area contributed by atoms with Crippen molar-refractivity contribution in [2.24, 2.45) is 0 Å². The SMILES string of the molecule is COc1cc(Cl)c(NCc2ccc(C)c(Cl)c2)cc1OC. The van der Waals surface area contributed by atoms with E-state index in [1.165, 1.54) is 0 Å². The van der Waals surface area contributed by atoms with Gasteiger partial charge in [0.15, 0.2) is 11.5 Å². The highest BCUT2D eigenvalue weighted by Gasteiger charge is 2.09. The summed E-state index contributed by atoms with van der Waals surface area (Å²) in [5.74, 6) is 1.23. The summed E-state index contributed by atoms with van der Waals surface area (Å²) in [6, 6.07) is 9.51. The van der Waals surface area contributed by atoms with Crippen molar-refractivity contribution in [2.75, 3.05) is 19.5 Å². The normalized spacial score (nSPS) is 10.3. The van der Waals surface area contributed by atoms with Crippen molar-refractivity contribution in [1.29, 1.82) is 0 Å². The molecule has 0 aliphatic rings. The molecule has 21 heavy (non-hydrogen) atoms. The van der Waals surface area contributed by atoms with E-state index >= 15 is 0 Å². The minimum absolute atomic E-state index is 0.575. The van der Waals surface area contributed by atoms with Gasteiger partial charge in [0.25, 0.3) is 0 Å². The Morgan fingerprint density at radius 2 is 1.62 bits per heavy atom. The van der Waals surface area contributed by atoms with Gasteiger partial charge in [-0.25, -0.2) is 0 Å². The molecule has 112 valence electrons. The summed E-state index contributed by atoms with van der Waals surface area (Å²) in [5.41, 5.74) is 2.92. The van der Waals surface area contributed by atoms with E-state index in [4.69, 9.17) is 32.7 Å². The van der Waals surface area contributed by atoms with Gasteiger partial charge in [0.1, 0.15) is 0 Å². The molecular weight excluding hydrogens is 309 g/mol. The number of hydrogen-bond acceptors (Lipinski definition) is 3. The van der Waals surface area contributed by atoms with Crippen molar-refractivity contribution in [2.45, 2.75) is 13.5 Å². The lowest BCUT2D eigenvalue weighted by molar-refractivity contribution is 0.355. The first-order chi connectivity index (χ1) is 10.0. The number of benzene rings is 2. The van der Waals surface area contributed by atoms with Crippen LogP contribution in [0, 0.1) is 6.92 Å². The molecule has 0 bridgehead atoms. The largest absolute Gasteiger partial charge is 0.493 e. The molecule has 0 saturated carbocycles. The van der Waals surface area contributed by atoms with Crippen molar-refractivity contribution in [3.05, 3.63) is 51.5 Å². The van der Waals surface area contributed by atoms with Crippen LogP contribution in [-0.2, 0) is 6.54 Å². The Morgan fingerprint density at radius 3 is 2.24 bits per heavy atom. The van der Waals surface area contributed by atoms with Crippen LogP contribution >= 0.6 is 23.2 Å². The molecule has 0 amide bonds. The van der Waals surface area contributed by atoms with Gasteiger partial charge >= 0.3 is 0 Å². The van der Waals surface area contributed by atoms with Crippen LogP contribution in [0.15, 0.2) is 30.3 Å². The number of ether oxygens (including phenoxy) is 2. The fourth-order valence-corrected chi connectivity index (χ4v) is 2.36. The molecule has 2 aromatic carbocycles. The van der Waals surface area contributed by atoms with E-state index in [0.29, 0.717) is 23.1 Å². The zero-order valence-corrected chi connectivity index (χ0v) is 13.7. The van der Waals surface area contributed by atoms with Crippen molar-refractivity contribution in [3.63, 3.8) is 0 Å². The first-order valence-electron chi connectivity index (χ1n) is 6.45. The van der Waals surface area contributed by atoms with Gasteiger partial charge < -0.3 is 14.8 Å². The molecule has 0 atom stereocenters. The van der Waals surface area contributed by atoms with E-state index in [2.05, 4.69) is 5.32 Å². The van der Waals surface area contributed by atoms with E-state index < -0.39 is 0 Å². The molecule has 0 aliphatic carbocycles. The monoisotopic (exact) mass is 325 g/mol. The summed E-state index contributed by atoms with van der Waals surface area (Å²) >= 11 is 12.4. The average Bonchev–Trinajstić information content (AvgIpc) is 2.49. The minimum Gasteiger partial charge on any atom is -0.493 e. The molecule has 2 rings (SSSR count). The topological polar surface area (TPSA) is 30.5 Å². The Balaban J connectivity index is 2.17. The van der Waals surface area contributed by atoms with Crippen LogP contribution in [0.4, 0.5) is 5.69 Å². The summed E-state index contributed by atoms with van der Waals surface area (Å²) in [5, 5.41) is 4.61. The van der Waals surface area contributed by atoms with Gasteiger partial charge in [-0.15, -0.1) is 0 Å². The van der Waals surface area contributed by atoms with Gasteiger partial charge in [0.2, 0.25) is 0 Å². The Labute approximate surface area is 134 Å². The van der Waals surface area contributed by atoms with E-state index in [1.54, 1.807) is 20.3 Å². The first-order valence-corrected chi connectivity index (χ1v) is 7.21. The quantitative estimate of drug-likeness (QED) is 0.845. The lowest BCUT2D eigenvalue weighted by Crippen LogP contribution is -2.01. The molecule has 5 heteroatoms. The highest BCUT2D eigenvalue weighted by molar-refractivity contribution is 6.33. The predicted octanol–water partition coefficient (Wildman–Crippen LogP) is 4.93. The lowest BCUT2D eigenvalue weighted by atomic mass is 10.1. The van der Waals surface area contributed by atoms with Crippen molar-refractivity contribution < 1.29 is 9.47 Å². The molecule has 0 spiro atoms.